The molecule has 6 heteroatoms. The minimum absolute atomic E-state index is 0.00482. The van der Waals surface area contributed by atoms with E-state index in [1.807, 2.05) is 29.2 Å². The Hall–Kier alpha value is -2.76. The molecule has 1 aliphatic heterocycles. The fraction of sp³-hybridized carbons (Fsp3) is 0.368. The highest BCUT2D eigenvalue weighted by Gasteiger charge is 2.19. The van der Waals surface area contributed by atoms with Crippen molar-refractivity contribution in [2.45, 2.75) is 19.3 Å². The van der Waals surface area contributed by atoms with Gasteiger partial charge < -0.3 is 19.7 Å². The molecule has 132 valence electrons. The first-order valence-corrected chi connectivity index (χ1v) is 8.45. The first-order valence-electron chi connectivity index (χ1n) is 8.45. The molecule has 25 heavy (non-hydrogen) atoms. The lowest BCUT2D eigenvalue weighted by Crippen LogP contribution is -2.36. The van der Waals surface area contributed by atoms with Crippen molar-refractivity contribution in [3.63, 3.8) is 0 Å². The number of ether oxygens (including phenoxy) is 2. The van der Waals surface area contributed by atoms with E-state index >= 15 is 0 Å². The van der Waals surface area contributed by atoms with Crippen LogP contribution in [0.25, 0.3) is 0 Å². The van der Waals surface area contributed by atoms with Crippen molar-refractivity contribution < 1.29 is 14.3 Å². The van der Waals surface area contributed by atoms with E-state index in [2.05, 4.69) is 10.3 Å². The molecule has 1 saturated heterocycles. The molecule has 0 atom stereocenters. The second-order valence-corrected chi connectivity index (χ2v) is 5.98. The van der Waals surface area contributed by atoms with Crippen molar-refractivity contribution in [3.05, 3.63) is 42.2 Å². The Morgan fingerprint density at radius 3 is 2.52 bits per heavy atom. The first kappa shape index (κ1) is 17.1. The highest BCUT2D eigenvalue weighted by molar-refractivity contribution is 5.92. The molecule has 0 radical (unpaired) electrons. The van der Waals surface area contributed by atoms with Gasteiger partial charge in [0.1, 0.15) is 17.2 Å². The number of aromatic nitrogens is 1. The summed E-state index contributed by atoms with van der Waals surface area (Å²) < 4.78 is 10.6. The maximum atomic E-state index is 12.5. The van der Waals surface area contributed by atoms with Gasteiger partial charge in [-0.3, -0.25) is 4.79 Å². The van der Waals surface area contributed by atoms with Crippen LogP contribution in [0.4, 0.5) is 11.4 Å². The van der Waals surface area contributed by atoms with Crippen LogP contribution in [0.2, 0.25) is 0 Å². The Morgan fingerprint density at radius 1 is 1.08 bits per heavy atom. The number of piperidine rings is 1. The number of hydrogen-bond donors (Lipinski definition) is 1. The van der Waals surface area contributed by atoms with Gasteiger partial charge in [-0.15, -0.1) is 0 Å². The maximum absolute atomic E-state index is 12.5. The number of amides is 1. The Labute approximate surface area is 147 Å². The number of carbonyl (C=O) groups is 1. The molecular weight excluding hydrogens is 318 g/mol. The van der Waals surface area contributed by atoms with Crippen LogP contribution < -0.4 is 14.8 Å². The number of hydrogen-bond acceptors (Lipinski definition) is 5. The van der Waals surface area contributed by atoms with Crippen molar-refractivity contribution in [1.29, 1.82) is 0 Å². The predicted molar refractivity (Wildman–Crippen MR) is 96.8 cm³/mol. The van der Waals surface area contributed by atoms with E-state index in [0.29, 0.717) is 11.4 Å². The van der Waals surface area contributed by atoms with Crippen molar-refractivity contribution in [2.24, 2.45) is 0 Å². The summed E-state index contributed by atoms with van der Waals surface area (Å²) in [4.78, 5) is 18.7. The molecule has 3 rings (SSSR count). The number of carbonyl (C=O) groups excluding carboxylic acids is 1. The lowest BCUT2D eigenvalue weighted by atomic mass is 10.1. The summed E-state index contributed by atoms with van der Waals surface area (Å²) in [6.07, 6.45) is 5.00. The monoisotopic (exact) mass is 341 g/mol. The molecule has 1 aliphatic rings. The first-order chi connectivity index (χ1) is 12.2. The highest BCUT2D eigenvalue weighted by Crippen LogP contribution is 2.31. The Balaban J connectivity index is 1.73. The van der Waals surface area contributed by atoms with Crippen LogP contribution in [-0.4, -0.2) is 43.1 Å². The van der Waals surface area contributed by atoms with Gasteiger partial charge >= 0.3 is 0 Å². The van der Waals surface area contributed by atoms with Crippen molar-refractivity contribution in [3.8, 4) is 11.5 Å². The molecule has 2 heterocycles. The molecule has 0 bridgehead atoms. The molecule has 0 spiro atoms. The molecule has 6 nitrogen and oxygen atoms in total. The molecule has 1 aromatic heterocycles. The van der Waals surface area contributed by atoms with Crippen LogP contribution in [0.5, 0.6) is 11.5 Å². The van der Waals surface area contributed by atoms with E-state index in [0.717, 1.165) is 43.1 Å². The molecule has 1 fully saturated rings. The molecule has 1 aromatic carbocycles. The van der Waals surface area contributed by atoms with Crippen LogP contribution in [0.1, 0.15) is 29.8 Å². The van der Waals surface area contributed by atoms with Gasteiger partial charge in [-0.05, 0) is 43.5 Å². The van der Waals surface area contributed by atoms with E-state index < -0.39 is 0 Å². The lowest BCUT2D eigenvalue weighted by Gasteiger charge is -2.26. The summed E-state index contributed by atoms with van der Waals surface area (Å²) in [5.41, 5.74) is 2.03. The number of pyridine rings is 1. The summed E-state index contributed by atoms with van der Waals surface area (Å²) in [6, 6.07) is 9.13. The fourth-order valence-corrected chi connectivity index (χ4v) is 2.92. The van der Waals surface area contributed by atoms with E-state index in [1.165, 1.54) is 6.42 Å². The lowest BCUT2D eigenvalue weighted by molar-refractivity contribution is 0.0718. The SMILES string of the molecule is COc1ccc(OC)c(Nc2ccc(C(=O)N3CCCCC3)nc2)c1. The normalized spacial score (nSPS) is 14.1. The van der Waals surface area contributed by atoms with Gasteiger partial charge in [0.25, 0.3) is 5.91 Å². The minimum Gasteiger partial charge on any atom is -0.497 e. The van der Waals surface area contributed by atoms with Crippen LogP contribution >= 0.6 is 0 Å². The van der Waals surface area contributed by atoms with E-state index in [1.54, 1.807) is 26.5 Å². The van der Waals surface area contributed by atoms with Gasteiger partial charge in [0.2, 0.25) is 0 Å². The maximum Gasteiger partial charge on any atom is 0.272 e. The van der Waals surface area contributed by atoms with Crippen LogP contribution in [0, 0.1) is 0 Å². The van der Waals surface area contributed by atoms with Gasteiger partial charge in [-0.2, -0.15) is 0 Å². The Bertz CT molecular complexity index is 725. The largest absolute Gasteiger partial charge is 0.497 e. The van der Waals surface area contributed by atoms with Gasteiger partial charge in [0, 0.05) is 19.2 Å². The van der Waals surface area contributed by atoms with Crippen LogP contribution in [-0.2, 0) is 0 Å². The number of likely N-dealkylation sites (tertiary alicyclic amines) is 1. The zero-order chi connectivity index (χ0) is 17.6. The topological polar surface area (TPSA) is 63.7 Å². The number of anilines is 2. The van der Waals surface area contributed by atoms with Gasteiger partial charge in [0.05, 0.1) is 31.8 Å². The highest BCUT2D eigenvalue weighted by atomic mass is 16.5. The van der Waals surface area contributed by atoms with Crippen LogP contribution in [0.3, 0.4) is 0 Å². The number of rotatable bonds is 5. The smallest absolute Gasteiger partial charge is 0.272 e. The molecule has 1 N–H and O–H groups in total. The zero-order valence-corrected chi connectivity index (χ0v) is 14.6. The second-order valence-electron chi connectivity index (χ2n) is 5.98. The Morgan fingerprint density at radius 2 is 1.88 bits per heavy atom. The molecule has 0 aliphatic carbocycles. The summed E-state index contributed by atoms with van der Waals surface area (Å²) in [7, 11) is 3.24. The second kappa shape index (κ2) is 7.88. The third-order valence-corrected chi connectivity index (χ3v) is 4.31. The number of benzene rings is 1. The third kappa shape index (κ3) is 4.02. The van der Waals surface area contributed by atoms with E-state index in [-0.39, 0.29) is 5.91 Å². The summed E-state index contributed by atoms with van der Waals surface area (Å²) in [5.74, 6) is 1.44. The molecular formula is C19H23N3O3. The molecule has 0 unspecified atom stereocenters. The Kier molecular flexibility index (Phi) is 5.38. The summed E-state index contributed by atoms with van der Waals surface area (Å²) >= 11 is 0. The number of methoxy groups -OCH3 is 2. The predicted octanol–water partition coefficient (Wildman–Crippen LogP) is 3.47. The van der Waals surface area contributed by atoms with Crippen molar-refractivity contribution in [1.82, 2.24) is 9.88 Å². The van der Waals surface area contributed by atoms with Crippen molar-refractivity contribution >= 4 is 17.3 Å². The van der Waals surface area contributed by atoms with Crippen LogP contribution in [0.15, 0.2) is 36.5 Å². The van der Waals surface area contributed by atoms with Gasteiger partial charge in [0.15, 0.2) is 0 Å². The average molecular weight is 341 g/mol. The average Bonchev–Trinajstić information content (AvgIpc) is 2.68. The number of nitrogens with zero attached hydrogens (tertiary/aromatic N) is 2. The quantitative estimate of drug-likeness (QED) is 0.902. The standard InChI is InChI=1S/C19H23N3O3/c1-24-15-7-9-18(25-2)17(12-15)21-14-6-8-16(20-13-14)19(23)22-10-4-3-5-11-22/h6-9,12-13,21H,3-5,10-11H2,1-2H3. The van der Waals surface area contributed by atoms with Gasteiger partial charge in [-0.1, -0.05) is 0 Å². The fourth-order valence-electron chi connectivity index (χ4n) is 2.92. The molecule has 1 amide bonds. The molecule has 2 aromatic rings. The van der Waals surface area contributed by atoms with E-state index in [4.69, 9.17) is 9.47 Å². The zero-order valence-electron chi connectivity index (χ0n) is 14.6. The third-order valence-electron chi connectivity index (χ3n) is 4.31. The number of nitrogens with one attached hydrogen (secondary N) is 1. The minimum atomic E-state index is 0.00482. The van der Waals surface area contributed by atoms with Gasteiger partial charge in [-0.25, -0.2) is 4.98 Å². The molecule has 0 saturated carbocycles. The van der Waals surface area contributed by atoms with E-state index in [9.17, 15) is 4.79 Å². The summed E-state index contributed by atoms with van der Waals surface area (Å²) in [6.45, 7) is 1.64. The van der Waals surface area contributed by atoms with Crippen molar-refractivity contribution in [2.75, 3.05) is 32.6 Å². The summed E-state index contributed by atoms with van der Waals surface area (Å²) in [5, 5.41) is 3.25.